The van der Waals surface area contributed by atoms with Crippen LogP contribution in [0.5, 0.6) is 0 Å². The Morgan fingerprint density at radius 3 is 1.42 bits per heavy atom. The van der Waals surface area contributed by atoms with Gasteiger partial charge in [0.05, 0.1) is 6.42 Å². The van der Waals surface area contributed by atoms with Crippen LogP contribution >= 0.6 is 0 Å². The van der Waals surface area contributed by atoms with Crippen molar-refractivity contribution in [1.29, 1.82) is 0 Å². The number of carboxylic acid groups (broad SMARTS) is 1. The molecule has 0 saturated heterocycles. The summed E-state index contributed by atoms with van der Waals surface area (Å²) in [6.45, 7) is 6.71. The van der Waals surface area contributed by atoms with Crippen LogP contribution in [0.3, 0.4) is 0 Å². The van der Waals surface area contributed by atoms with Gasteiger partial charge in [-0.3, -0.25) is 4.79 Å². The molecule has 0 aromatic rings. The van der Waals surface area contributed by atoms with Crippen LogP contribution in [0.4, 0.5) is 0 Å². The minimum atomic E-state index is -0.597. The van der Waals surface area contributed by atoms with Crippen molar-refractivity contribution in [2.24, 2.45) is 5.41 Å². The summed E-state index contributed by atoms with van der Waals surface area (Å²) in [4.78, 5) is 11.4. The van der Waals surface area contributed by atoms with Gasteiger partial charge in [-0.1, -0.05) is 104 Å². The molecule has 144 valence electrons. The zero-order valence-electron chi connectivity index (χ0n) is 16.9. The summed E-state index contributed by atoms with van der Waals surface area (Å²) in [7, 11) is 0. The second-order valence-electron chi connectivity index (χ2n) is 7.86. The molecule has 0 aliphatic carbocycles. The Morgan fingerprint density at radius 2 is 1.04 bits per heavy atom. The van der Waals surface area contributed by atoms with Gasteiger partial charge in [0, 0.05) is 0 Å². The number of carbonyl (C=O) groups is 1. The fraction of sp³-hybridized carbons (Fsp3) is 0.955. The lowest BCUT2D eigenvalue weighted by Gasteiger charge is -2.33. The maximum Gasteiger partial charge on any atom is 0.303 e. The van der Waals surface area contributed by atoms with Crippen LogP contribution < -0.4 is 0 Å². The molecule has 2 heteroatoms. The highest BCUT2D eigenvalue weighted by Crippen LogP contribution is 2.40. The van der Waals surface area contributed by atoms with Crippen LogP contribution in [-0.2, 0) is 4.79 Å². The van der Waals surface area contributed by atoms with Crippen molar-refractivity contribution >= 4 is 5.97 Å². The van der Waals surface area contributed by atoms with Crippen molar-refractivity contribution in [3.05, 3.63) is 0 Å². The van der Waals surface area contributed by atoms with E-state index in [0.717, 1.165) is 25.7 Å². The lowest BCUT2D eigenvalue weighted by atomic mass is 9.72. The van der Waals surface area contributed by atoms with Crippen molar-refractivity contribution < 1.29 is 9.90 Å². The van der Waals surface area contributed by atoms with E-state index >= 15 is 0 Å². The maximum atomic E-state index is 11.4. The zero-order chi connectivity index (χ0) is 18.1. The summed E-state index contributed by atoms with van der Waals surface area (Å²) in [5, 5.41) is 9.42. The molecule has 0 atom stereocenters. The van der Waals surface area contributed by atoms with E-state index in [1.165, 1.54) is 77.0 Å². The molecule has 0 unspecified atom stereocenters. The van der Waals surface area contributed by atoms with Crippen LogP contribution in [0.2, 0.25) is 0 Å². The van der Waals surface area contributed by atoms with Crippen molar-refractivity contribution in [2.75, 3.05) is 0 Å². The zero-order valence-corrected chi connectivity index (χ0v) is 16.9. The van der Waals surface area contributed by atoms with E-state index in [9.17, 15) is 9.90 Å². The average Bonchev–Trinajstić information content (AvgIpc) is 2.54. The molecule has 0 aliphatic heterocycles. The lowest BCUT2D eigenvalue weighted by Crippen LogP contribution is -2.25. The monoisotopic (exact) mass is 340 g/mol. The van der Waals surface area contributed by atoms with Gasteiger partial charge in [-0.25, -0.2) is 0 Å². The van der Waals surface area contributed by atoms with Gasteiger partial charge in [0.15, 0.2) is 0 Å². The van der Waals surface area contributed by atoms with Crippen LogP contribution in [0.15, 0.2) is 0 Å². The second-order valence-corrected chi connectivity index (χ2v) is 7.86. The average molecular weight is 341 g/mol. The van der Waals surface area contributed by atoms with Crippen molar-refractivity contribution in [3.63, 3.8) is 0 Å². The predicted octanol–water partition coefficient (Wildman–Crippen LogP) is 7.75. The second kappa shape index (κ2) is 16.0. The Balaban J connectivity index is 4.31. The SMILES string of the molecule is CCCCCCCCC(CCC)(CCCCCCCC)CC(=O)O. The van der Waals surface area contributed by atoms with Crippen LogP contribution in [0.25, 0.3) is 0 Å². The van der Waals surface area contributed by atoms with Gasteiger partial charge in [0.1, 0.15) is 0 Å². The van der Waals surface area contributed by atoms with E-state index in [2.05, 4.69) is 20.8 Å². The summed E-state index contributed by atoms with van der Waals surface area (Å²) >= 11 is 0. The molecule has 0 saturated carbocycles. The summed E-state index contributed by atoms with van der Waals surface area (Å²) in [6.07, 6.45) is 20.4. The molecular formula is C22H44O2. The lowest BCUT2D eigenvalue weighted by molar-refractivity contribution is -0.140. The number of rotatable bonds is 18. The maximum absolute atomic E-state index is 11.4. The Morgan fingerprint density at radius 1 is 0.625 bits per heavy atom. The van der Waals surface area contributed by atoms with E-state index in [4.69, 9.17) is 0 Å². The number of hydrogen-bond acceptors (Lipinski definition) is 1. The van der Waals surface area contributed by atoms with Crippen molar-refractivity contribution in [3.8, 4) is 0 Å². The standard InChI is InChI=1S/C22H44O2/c1-4-7-9-11-13-15-18-22(17-6-3,20-21(23)24)19-16-14-12-10-8-5-2/h4-20H2,1-3H3,(H,23,24). The molecule has 2 nitrogen and oxygen atoms in total. The molecule has 0 rings (SSSR count). The van der Waals surface area contributed by atoms with Gasteiger partial charge in [-0.2, -0.15) is 0 Å². The van der Waals surface area contributed by atoms with E-state index in [0.29, 0.717) is 6.42 Å². The Kier molecular flexibility index (Phi) is 15.6. The highest BCUT2D eigenvalue weighted by atomic mass is 16.4. The Bertz CT molecular complexity index is 270. The number of hydrogen-bond donors (Lipinski definition) is 1. The van der Waals surface area contributed by atoms with Crippen LogP contribution in [-0.4, -0.2) is 11.1 Å². The number of unbranched alkanes of at least 4 members (excludes halogenated alkanes) is 10. The van der Waals surface area contributed by atoms with E-state index < -0.39 is 5.97 Å². The van der Waals surface area contributed by atoms with Gasteiger partial charge < -0.3 is 5.11 Å². The fourth-order valence-corrected chi connectivity index (χ4v) is 4.05. The Labute approximate surface area is 151 Å². The quantitative estimate of drug-likeness (QED) is 0.259. The molecule has 1 N–H and O–H groups in total. The molecule has 0 fully saturated rings. The minimum absolute atomic E-state index is 0.0656. The predicted molar refractivity (Wildman–Crippen MR) is 106 cm³/mol. The third-order valence-corrected chi connectivity index (χ3v) is 5.43. The summed E-state index contributed by atoms with van der Waals surface area (Å²) < 4.78 is 0. The first-order chi connectivity index (χ1) is 11.6. The third kappa shape index (κ3) is 12.8. The summed E-state index contributed by atoms with van der Waals surface area (Å²) in [5.41, 5.74) is 0.0656. The van der Waals surface area contributed by atoms with Crippen molar-refractivity contribution in [1.82, 2.24) is 0 Å². The molecule has 0 bridgehead atoms. The Hall–Kier alpha value is -0.530. The number of carboxylic acids is 1. The summed E-state index contributed by atoms with van der Waals surface area (Å²) in [5.74, 6) is -0.597. The van der Waals surface area contributed by atoms with Gasteiger partial charge >= 0.3 is 5.97 Å². The first-order valence-electron chi connectivity index (χ1n) is 10.8. The molecule has 0 radical (unpaired) electrons. The highest BCUT2D eigenvalue weighted by molar-refractivity contribution is 5.67. The fourth-order valence-electron chi connectivity index (χ4n) is 4.05. The molecule has 0 heterocycles. The first-order valence-corrected chi connectivity index (χ1v) is 10.8. The van der Waals surface area contributed by atoms with Gasteiger partial charge in [-0.05, 0) is 24.7 Å². The molecular weight excluding hydrogens is 296 g/mol. The smallest absolute Gasteiger partial charge is 0.303 e. The molecule has 0 amide bonds. The molecule has 0 aliphatic rings. The van der Waals surface area contributed by atoms with Crippen LogP contribution in [0.1, 0.15) is 130 Å². The highest BCUT2D eigenvalue weighted by Gasteiger charge is 2.30. The first kappa shape index (κ1) is 23.5. The molecule has 0 aromatic carbocycles. The topological polar surface area (TPSA) is 37.3 Å². The summed E-state index contributed by atoms with van der Waals surface area (Å²) in [6, 6.07) is 0. The van der Waals surface area contributed by atoms with Crippen molar-refractivity contribution in [2.45, 2.75) is 130 Å². The van der Waals surface area contributed by atoms with E-state index in [1.54, 1.807) is 0 Å². The van der Waals surface area contributed by atoms with Gasteiger partial charge in [0.25, 0.3) is 0 Å². The number of aliphatic carboxylic acids is 1. The molecule has 0 aromatic heterocycles. The third-order valence-electron chi connectivity index (χ3n) is 5.43. The van der Waals surface area contributed by atoms with Gasteiger partial charge in [0.2, 0.25) is 0 Å². The van der Waals surface area contributed by atoms with E-state index in [-0.39, 0.29) is 5.41 Å². The minimum Gasteiger partial charge on any atom is -0.481 e. The largest absolute Gasteiger partial charge is 0.481 e. The molecule has 0 spiro atoms. The van der Waals surface area contributed by atoms with Gasteiger partial charge in [-0.15, -0.1) is 0 Å². The van der Waals surface area contributed by atoms with Crippen LogP contribution in [0, 0.1) is 5.41 Å². The molecule has 24 heavy (non-hydrogen) atoms. The normalized spacial score (nSPS) is 11.8. The van der Waals surface area contributed by atoms with E-state index in [1.807, 2.05) is 0 Å².